The van der Waals surface area contributed by atoms with Crippen LogP contribution in [0.5, 0.6) is 0 Å². The molecule has 0 radical (unpaired) electrons. The number of ether oxygens (including phenoxy) is 1. The van der Waals surface area contributed by atoms with Gasteiger partial charge in [0, 0.05) is 12.8 Å². The zero-order valence-corrected chi connectivity index (χ0v) is 11.7. The molecule has 0 saturated carbocycles. The van der Waals surface area contributed by atoms with E-state index >= 15 is 0 Å². The lowest BCUT2D eigenvalue weighted by Crippen LogP contribution is -2.06. The van der Waals surface area contributed by atoms with Crippen molar-refractivity contribution < 1.29 is 13.8 Å². The summed E-state index contributed by atoms with van der Waals surface area (Å²) in [6.07, 6.45) is 2.98. The fourth-order valence-corrected chi connectivity index (χ4v) is 3.41. The summed E-state index contributed by atoms with van der Waals surface area (Å²) in [5.41, 5.74) is 0. The number of hydrogen-bond donors (Lipinski definition) is 0. The lowest BCUT2D eigenvalue weighted by Gasteiger charge is -2.20. The van der Waals surface area contributed by atoms with Crippen LogP contribution < -0.4 is 0 Å². The summed E-state index contributed by atoms with van der Waals surface area (Å²) in [6, 6.07) is 0. The summed E-state index contributed by atoms with van der Waals surface area (Å²) in [5, 5.41) is 0. The minimum atomic E-state index is -2.06. The van der Waals surface area contributed by atoms with Gasteiger partial charge in [0.15, 0.2) is 6.49 Å². The van der Waals surface area contributed by atoms with Crippen LogP contribution in [0, 0.1) is 0 Å². The van der Waals surface area contributed by atoms with E-state index in [0.29, 0.717) is 26.0 Å². The highest BCUT2D eigenvalue weighted by molar-refractivity contribution is 8.09. The molecular formula is C10H23O3PS. The molecule has 0 aromatic heterocycles. The second kappa shape index (κ2) is 9.73. The standard InChI is InChI=1S/C10H23O3PS/c1-4-7-8-11-9-10-14(15,12-5-2)13-6-3/h4-10H2,1-3H3. The molecule has 5 heteroatoms. The van der Waals surface area contributed by atoms with Crippen LogP contribution in [0.3, 0.4) is 0 Å². The van der Waals surface area contributed by atoms with E-state index in [1.165, 1.54) is 0 Å². The highest BCUT2D eigenvalue weighted by Gasteiger charge is 2.16. The van der Waals surface area contributed by atoms with Crippen LogP contribution in [0.1, 0.15) is 33.6 Å². The van der Waals surface area contributed by atoms with Crippen LogP contribution in [0.4, 0.5) is 0 Å². The van der Waals surface area contributed by atoms with Crippen molar-refractivity contribution in [2.45, 2.75) is 33.6 Å². The second-order valence-corrected chi connectivity index (χ2v) is 6.99. The predicted octanol–water partition coefficient (Wildman–Crippen LogP) is 3.19. The van der Waals surface area contributed by atoms with E-state index in [-0.39, 0.29) is 0 Å². The van der Waals surface area contributed by atoms with Crippen molar-refractivity contribution in [3.63, 3.8) is 0 Å². The van der Waals surface area contributed by atoms with Crippen molar-refractivity contribution in [1.29, 1.82) is 0 Å². The van der Waals surface area contributed by atoms with E-state index in [4.69, 9.17) is 25.6 Å². The molecule has 0 saturated heterocycles. The molecule has 0 aliphatic carbocycles. The van der Waals surface area contributed by atoms with Gasteiger partial charge in [0.25, 0.3) is 0 Å². The van der Waals surface area contributed by atoms with Gasteiger partial charge in [0.05, 0.1) is 19.8 Å². The van der Waals surface area contributed by atoms with Crippen molar-refractivity contribution >= 4 is 18.3 Å². The third-order valence-corrected chi connectivity index (χ3v) is 5.02. The Kier molecular flexibility index (Phi) is 10.1. The van der Waals surface area contributed by atoms with E-state index in [0.717, 1.165) is 19.4 Å². The summed E-state index contributed by atoms with van der Waals surface area (Å²) >= 11 is 5.36. The molecule has 0 rings (SSSR count). The van der Waals surface area contributed by atoms with Crippen molar-refractivity contribution in [3.8, 4) is 0 Å². The highest BCUT2D eigenvalue weighted by atomic mass is 32.5. The molecule has 0 aromatic rings. The van der Waals surface area contributed by atoms with E-state index in [1.807, 2.05) is 13.8 Å². The van der Waals surface area contributed by atoms with Gasteiger partial charge in [-0.3, -0.25) is 0 Å². The summed E-state index contributed by atoms with van der Waals surface area (Å²) < 4.78 is 16.5. The molecule has 0 N–H and O–H groups in total. The van der Waals surface area contributed by atoms with Crippen LogP contribution >= 0.6 is 6.49 Å². The van der Waals surface area contributed by atoms with Crippen molar-refractivity contribution in [2.75, 3.05) is 32.6 Å². The summed E-state index contributed by atoms with van der Waals surface area (Å²) in [6.45, 7) is 6.67. The molecule has 92 valence electrons. The summed E-state index contributed by atoms with van der Waals surface area (Å²) in [4.78, 5) is 0. The normalized spacial score (nSPS) is 11.9. The molecule has 15 heavy (non-hydrogen) atoms. The average Bonchev–Trinajstić information content (AvgIpc) is 2.18. The Morgan fingerprint density at radius 1 is 1.00 bits per heavy atom. The first-order chi connectivity index (χ1) is 7.18. The van der Waals surface area contributed by atoms with E-state index in [1.54, 1.807) is 0 Å². The fourth-order valence-electron chi connectivity index (χ4n) is 1.08. The Labute approximate surface area is 98.7 Å². The zero-order valence-electron chi connectivity index (χ0n) is 10.0. The van der Waals surface area contributed by atoms with Gasteiger partial charge >= 0.3 is 0 Å². The van der Waals surface area contributed by atoms with Crippen LogP contribution in [-0.2, 0) is 25.6 Å². The molecule has 0 aliphatic rings. The largest absolute Gasteiger partial charge is 0.381 e. The van der Waals surface area contributed by atoms with E-state index < -0.39 is 6.49 Å². The Hall–Kier alpha value is 0.530. The van der Waals surface area contributed by atoms with Gasteiger partial charge < -0.3 is 13.8 Å². The summed E-state index contributed by atoms with van der Waals surface area (Å²) in [7, 11) is 0. The zero-order chi connectivity index (χ0) is 11.6. The maximum atomic E-state index is 5.50. The molecule has 0 bridgehead atoms. The van der Waals surface area contributed by atoms with Crippen LogP contribution in [0.25, 0.3) is 0 Å². The van der Waals surface area contributed by atoms with Crippen molar-refractivity contribution in [3.05, 3.63) is 0 Å². The maximum absolute atomic E-state index is 5.50. The maximum Gasteiger partial charge on any atom is 0.191 e. The van der Waals surface area contributed by atoms with E-state index in [2.05, 4.69) is 6.92 Å². The first-order valence-corrected chi connectivity index (χ1v) is 8.46. The second-order valence-electron chi connectivity index (χ2n) is 3.14. The van der Waals surface area contributed by atoms with Crippen LogP contribution in [-0.4, -0.2) is 32.6 Å². The van der Waals surface area contributed by atoms with Crippen molar-refractivity contribution in [2.24, 2.45) is 0 Å². The topological polar surface area (TPSA) is 27.7 Å². The summed E-state index contributed by atoms with van der Waals surface area (Å²) in [5.74, 6) is 0. The number of rotatable bonds is 10. The third kappa shape index (κ3) is 8.35. The van der Waals surface area contributed by atoms with Gasteiger partial charge in [0.2, 0.25) is 0 Å². The third-order valence-electron chi connectivity index (χ3n) is 1.80. The molecule has 0 aliphatic heterocycles. The SMILES string of the molecule is CCCCOCCP(=S)(OCC)OCC. The first kappa shape index (κ1) is 15.5. The molecule has 0 unspecified atom stereocenters. The quantitative estimate of drug-likeness (QED) is 0.442. The number of hydrogen-bond acceptors (Lipinski definition) is 4. The van der Waals surface area contributed by atoms with Gasteiger partial charge in [-0.1, -0.05) is 13.3 Å². The molecule has 3 nitrogen and oxygen atoms in total. The molecule has 0 spiro atoms. The average molecular weight is 254 g/mol. The molecule has 0 heterocycles. The Morgan fingerprint density at radius 2 is 1.60 bits per heavy atom. The molecular weight excluding hydrogens is 231 g/mol. The van der Waals surface area contributed by atoms with Crippen molar-refractivity contribution in [1.82, 2.24) is 0 Å². The minimum Gasteiger partial charge on any atom is -0.381 e. The molecule has 0 aromatic carbocycles. The van der Waals surface area contributed by atoms with Gasteiger partial charge in [-0.05, 0) is 32.1 Å². The van der Waals surface area contributed by atoms with Gasteiger partial charge in [0.1, 0.15) is 0 Å². The van der Waals surface area contributed by atoms with Gasteiger partial charge in [-0.25, -0.2) is 0 Å². The highest BCUT2D eigenvalue weighted by Crippen LogP contribution is 2.47. The van der Waals surface area contributed by atoms with Crippen LogP contribution in [0.15, 0.2) is 0 Å². The predicted molar refractivity (Wildman–Crippen MR) is 68.1 cm³/mol. The molecule has 0 fully saturated rings. The lowest BCUT2D eigenvalue weighted by atomic mass is 10.4. The fraction of sp³-hybridized carbons (Fsp3) is 1.00. The smallest absolute Gasteiger partial charge is 0.191 e. The lowest BCUT2D eigenvalue weighted by molar-refractivity contribution is 0.141. The Morgan fingerprint density at radius 3 is 2.07 bits per heavy atom. The first-order valence-electron chi connectivity index (χ1n) is 5.64. The van der Waals surface area contributed by atoms with E-state index in [9.17, 15) is 0 Å². The number of unbranched alkanes of at least 4 members (excludes halogenated alkanes) is 1. The monoisotopic (exact) mass is 254 g/mol. The van der Waals surface area contributed by atoms with Gasteiger partial charge in [-0.2, -0.15) is 0 Å². The Bertz CT molecular complexity index is 178. The Balaban J connectivity index is 3.71. The van der Waals surface area contributed by atoms with Gasteiger partial charge in [-0.15, -0.1) is 0 Å². The molecule has 0 amide bonds. The minimum absolute atomic E-state index is 0.617. The van der Waals surface area contributed by atoms with Crippen LogP contribution in [0.2, 0.25) is 0 Å². The molecule has 0 atom stereocenters.